The monoisotopic (exact) mass is 369 g/mol. The first-order valence-electron chi connectivity index (χ1n) is 9.86. The third kappa shape index (κ3) is 4.07. The summed E-state index contributed by atoms with van der Waals surface area (Å²) >= 11 is 0. The lowest BCUT2D eigenvalue weighted by molar-refractivity contribution is -0.114. The van der Waals surface area contributed by atoms with Gasteiger partial charge >= 0.3 is 0 Å². The Bertz CT molecular complexity index is 818. The maximum absolute atomic E-state index is 12.3. The summed E-state index contributed by atoms with van der Waals surface area (Å²) in [6.07, 6.45) is 4.72. The molecule has 0 aliphatic carbocycles. The molecule has 0 unspecified atom stereocenters. The summed E-state index contributed by atoms with van der Waals surface area (Å²) < 4.78 is 0. The Hall–Kier alpha value is -3.13. The van der Waals surface area contributed by atoms with Gasteiger partial charge in [-0.25, -0.2) is 0 Å². The molecule has 0 bridgehead atoms. The lowest BCUT2D eigenvalue weighted by atomic mass is 9.68. The van der Waals surface area contributed by atoms with E-state index in [0.29, 0.717) is 12.0 Å². The van der Waals surface area contributed by atoms with E-state index >= 15 is 0 Å². The second-order valence-electron chi connectivity index (χ2n) is 7.04. The highest BCUT2D eigenvalue weighted by molar-refractivity contribution is 5.92. The van der Waals surface area contributed by atoms with E-state index < -0.39 is 5.41 Å². The van der Waals surface area contributed by atoms with Crippen molar-refractivity contribution in [3.8, 4) is 0 Å². The molecule has 2 nitrogen and oxygen atoms in total. The van der Waals surface area contributed by atoms with E-state index in [1.165, 1.54) is 0 Å². The van der Waals surface area contributed by atoms with Crippen LogP contribution in [-0.2, 0) is 10.2 Å². The van der Waals surface area contributed by atoms with Crippen LogP contribution in [0.3, 0.4) is 0 Å². The van der Waals surface area contributed by atoms with Gasteiger partial charge in [0, 0.05) is 5.57 Å². The van der Waals surface area contributed by atoms with Gasteiger partial charge in [-0.05, 0) is 29.5 Å². The lowest BCUT2D eigenvalue weighted by Gasteiger charge is -2.34. The predicted octanol–water partition coefficient (Wildman–Crippen LogP) is 5.62. The van der Waals surface area contributed by atoms with E-state index in [9.17, 15) is 4.79 Å². The summed E-state index contributed by atoms with van der Waals surface area (Å²) in [7, 11) is 0. The van der Waals surface area contributed by atoms with Gasteiger partial charge in [0.15, 0.2) is 0 Å². The van der Waals surface area contributed by atoms with Crippen molar-refractivity contribution >= 4 is 5.91 Å². The van der Waals surface area contributed by atoms with Crippen LogP contribution in [0.25, 0.3) is 0 Å². The molecule has 3 aromatic rings. The minimum absolute atomic E-state index is 0.347. The van der Waals surface area contributed by atoms with Gasteiger partial charge in [-0.3, -0.25) is 4.79 Å². The highest BCUT2D eigenvalue weighted by Crippen LogP contribution is 2.41. The van der Waals surface area contributed by atoms with E-state index in [4.69, 9.17) is 5.73 Å². The third-order valence-corrected chi connectivity index (χ3v) is 5.19. The first-order valence-corrected chi connectivity index (χ1v) is 9.86. The van der Waals surface area contributed by atoms with Gasteiger partial charge in [0.25, 0.3) is 0 Å². The van der Waals surface area contributed by atoms with Gasteiger partial charge in [0.05, 0.1) is 5.41 Å². The van der Waals surface area contributed by atoms with Crippen molar-refractivity contribution in [3.63, 3.8) is 0 Å². The number of unbranched alkanes of at least 4 members (excludes halogenated alkanes) is 1. The van der Waals surface area contributed by atoms with Gasteiger partial charge in [0.1, 0.15) is 0 Å². The average Bonchev–Trinajstić information content (AvgIpc) is 2.76. The first-order chi connectivity index (χ1) is 13.7. The van der Waals surface area contributed by atoms with Crippen molar-refractivity contribution in [2.45, 2.75) is 31.6 Å². The number of carbonyl (C=O) groups excluding carboxylic acids is 1. The van der Waals surface area contributed by atoms with Gasteiger partial charge in [0.2, 0.25) is 5.91 Å². The minimum atomic E-state index is -0.581. The summed E-state index contributed by atoms with van der Waals surface area (Å²) in [6, 6.07) is 31.0. The zero-order valence-corrected chi connectivity index (χ0v) is 16.3. The molecular weight excluding hydrogens is 342 g/mol. The molecule has 2 heteroatoms. The first kappa shape index (κ1) is 19.6. The van der Waals surface area contributed by atoms with Crippen LogP contribution in [0.1, 0.15) is 42.9 Å². The topological polar surface area (TPSA) is 43.1 Å². The third-order valence-electron chi connectivity index (χ3n) is 5.19. The van der Waals surface area contributed by atoms with Crippen LogP contribution in [-0.4, -0.2) is 5.91 Å². The van der Waals surface area contributed by atoms with E-state index in [2.05, 4.69) is 49.4 Å². The lowest BCUT2D eigenvalue weighted by Crippen LogP contribution is -2.29. The van der Waals surface area contributed by atoms with Crippen LogP contribution in [0.2, 0.25) is 0 Å². The molecule has 2 N–H and O–H groups in total. The number of hydrogen-bond acceptors (Lipinski definition) is 1. The van der Waals surface area contributed by atoms with Gasteiger partial charge in [-0.15, -0.1) is 0 Å². The minimum Gasteiger partial charge on any atom is -0.366 e. The standard InChI is InChI=1S/C26H27NO/c1-2-3-13-21(25(27)28)20-26(22-14-7-4-8-15-22,23-16-9-5-10-17-23)24-18-11-6-12-19-24/h4-12,14-20H,2-3,13H2,1H3,(H2,27,28)/b21-20-. The summed E-state index contributed by atoms with van der Waals surface area (Å²) in [6.45, 7) is 2.12. The second kappa shape index (κ2) is 9.18. The molecule has 0 saturated carbocycles. The van der Waals surface area contributed by atoms with Crippen LogP contribution in [0.5, 0.6) is 0 Å². The maximum Gasteiger partial charge on any atom is 0.244 e. The van der Waals surface area contributed by atoms with E-state index in [1.54, 1.807) is 0 Å². The molecule has 0 radical (unpaired) electrons. The number of primary amides is 1. The van der Waals surface area contributed by atoms with Crippen LogP contribution in [0.15, 0.2) is 103 Å². The van der Waals surface area contributed by atoms with E-state index in [0.717, 1.165) is 29.5 Å². The Morgan fingerprint density at radius 3 is 1.50 bits per heavy atom. The zero-order chi connectivity index (χ0) is 19.8. The highest BCUT2D eigenvalue weighted by Gasteiger charge is 2.35. The Balaban J connectivity index is 2.35. The molecule has 0 aromatic heterocycles. The number of hydrogen-bond donors (Lipinski definition) is 1. The van der Waals surface area contributed by atoms with Crippen molar-refractivity contribution in [1.29, 1.82) is 0 Å². The normalized spacial score (nSPS) is 12.0. The zero-order valence-electron chi connectivity index (χ0n) is 16.3. The Morgan fingerprint density at radius 1 is 0.786 bits per heavy atom. The summed E-state index contributed by atoms with van der Waals surface area (Å²) in [5.74, 6) is -0.347. The number of nitrogens with two attached hydrogens (primary N) is 1. The van der Waals surface area contributed by atoms with Crippen LogP contribution in [0.4, 0.5) is 0 Å². The van der Waals surface area contributed by atoms with Crippen LogP contribution >= 0.6 is 0 Å². The predicted molar refractivity (Wildman–Crippen MR) is 116 cm³/mol. The molecule has 28 heavy (non-hydrogen) atoms. The van der Waals surface area contributed by atoms with E-state index in [-0.39, 0.29) is 5.91 Å². The second-order valence-corrected chi connectivity index (χ2v) is 7.04. The van der Waals surface area contributed by atoms with Crippen molar-refractivity contribution in [2.75, 3.05) is 0 Å². The number of rotatable bonds is 8. The molecular formula is C26H27NO. The molecule has 142 valence electrons. The molecule has 0 aliphatic rings. The van der Waals surface area contributed by atoms with Crippen molar-refractivity contribution in [3.05, 3.63) is 119 Å². The summed E-state index contributed by atoms with van der Waals surface area (Å²) in [5, 5.41) is 0. The van der Waals surface area contributed by atoms with Gasteiger partial charge in [-0.2, -0.15) is 0 Å². The van der Waals surface area contributed by atoms with Gasteiger partial charge < -0.3 is 5.73 Å². The molecule has 0 spiro atoms. The fraction of sp³-hybridized carbons (Fsp3) is 0.192. The number of benzene rings is 3. The molecule has 0 fully saturated rings. The molecule has 1 amide bonds. The fourth-order valence-electron chi connectivity index (χ4n) is 3.75. The van der Waals surface area contributed by atoms with E-state index in [1.807, 2.05) is 54.6 Å². The summed E-state index contributed by atoms with van der Waals surface area (Å²) in [5.41, 5.74) is 9.25. The Labute approximate surface area is 167 Å². The maximum atomic E-state index is 12.3. The number of carbonyl (C=O) groups is 1. The van der Waals surface area contributed by atoms with Crippen molar-refractivity contribution in [2.24, 2.45) is 5.73 Å². The van der Waals surface area contributed by atoms with Crippen molar-refractivity contribution in [1.82, 2.24) is 0 Å². The largest absolute Gasteiger partial charge is 0.366 e. The SMILES string of the molecule is CCCC/C(=C/C(c1ccccc1)(c1ccccc1)c1ccccc1)C(N)=O. The van der Waals surface area contributed by atoms with Gasteiger partial charge in [-0.1, -0.05) is 110 Å². The summed E-state index contributed by atoms with van der Waals surface area (Å²) in [4.78, 5) is 12.3. The Kier molecular flexibility index (Phi) is 6.44. The molecule has 0 atom stereocenters. The molecule has 0 aliphatic heterocycles. The molecule has 0 heterocycles. The molecule has 3 aromatic carbocycles. The molecule has 3 rings (SSSR count). The van der Waals surface area contributed by atoms with Crippen LogP contribution in [0, 0.1) is 0 Å². The number of allylic oxidation sites excluding steroid dienone is 1. The van der Waals surface area contributed by atoms with Crippen molar-refractivity contribution < 1.29 is 4.79 Å². The fourth-order valence-corrected chi connectivity index (χ4v) is 3.75. The highest BCUT2D eigenvalue weighted by atomic mass is 16.1. The Morgan fingerprint density at radius 2 is 1.18 bits per heavy atom. The molecule has 0 saturated heterocycles. The van der Waals surface area contributed by atoms with Crippen LogP contribution < -0.4 is 5.73 Å². The number of amides is 1. The quantitative estimate of drug-likeness (QED) is 0.406. The smallest absolute Gasteiger partial charge is 0.244 e. The average molecular weight is 370 g/mol.